The number of piperidine rings is 2. The first-order valence-corrected chi connectivity index (χ1v) is 15.2. The Balaban J connectivity index is 1.40. The molecule has 2 rings (SSSR count). The molecule has 2 saturated heterocycles. The second-order valence-electron chi connectivity index (χ2n) is 12.7. The molecule has 2 N–H and O–H groups in total. The average Bonchev–Trinajstić information content (AvgIpc) is 2.91. The molecule has 0 aromatic rings. The van der Waals surface area contributed by atoms with Crippen molar-refractivity contribution in [2.75, 3.05) is 39.3 Å². The Hall–Kier alpha value is -2.38. The number of unbranched alkanes of at least 4 members (excludes halogenated alkanes) is 3. The second kappa shape index (κ2) is 16.7. The quantitative estimate of drug-likeness (QED) is 0.249. The van der Waals surface area contributed by atoms with Gasteiger partial charge in [-0.2, -0.15) is 0 Å². The molecule has 8 nitrogen and oxygen atoms in total. The zero-order valence-corrected chi connectivity index (χ0v) is 25.1. The van der Waals surface area contributed by atoms with Crippen LogP contribution in [0.4, 0.5) is 0 Å². The van der Waals surface area contributed by atoms with Gasteiger partial charge < -0.3 is 20.4 Å². The third kappa shape index (κ3) is 12.6. The van der Waals surface area contributed by atoms with Gasteiger partial charge in [-0.05, 0) is 70.1 Å². The van der Waals surface area contributed by atoms with Gasteiger partial charge in [0.15, 0.2) is 0 Å². The molecular formula is C31H54N4O4. The molecule has 0 aliphatic carbocycles. The number of amides is 4. The predicted molar refractivity (Wildman–Crippen MR) is 156 cm³/mol. The maximum absolute atomic E-state index is 12.4. The number of nitrogens with zero attached hydrogens (tertiary/aromatic N) is 2. The van der Waals surface area contributed by atoms with Crippen LogP contribution < -0.4 is 10.6 Å². The third-order valence-corrected chi connectivity index (χ3v) is 8.12. The Bertz CT molecular complexity index is 819. The summed E-state index contributed by atoms with van der Waals surface area (Å²) >= 11 is 0. The van der Waals surface area contributed by atoms with Crippen LogP contribution >= 0.6 is 0 Å². The van der Waals surface area contributed by atoms with Gasteiger partial charge >= 0.3 is 0 Å². The first-order valence-electron chi connectivity index (χ1n) is 15.2. The molecule has 2 heterocycles. The first kappa shape index (κ1) is 32.8. The van der Waals surface area contributed by atoms with Crippen molar-refractivity contribution in [3.8, 4) is 0 Å². The van der Waals surface area contributed by atoms with Crippen LogP contribution in [0.3, 0.4) is 0 Å². The van der Waals surface area contributed by atoms with E-state index in [0.717, 1.165) is 90.4 Å². The first-order chi connectivity index (χ1) is 18.5. The number of likely N-dealkylation sites (tertiary alicyclic amines) is 2. The van der Waals surface area contributed by atoms with Crippen LogP contribution in [-0.2, 0) is 19.2 Å². The highest BCUT2D eigenvalue weighted by molar-refractivity contribution is 5.92. The minimum atomic E-state index is -0.325. The largest absolute Gasteiger partial charge is 0.356 e. The van der Waals surface area contributed by atoms with Crippen molar-refractivity contribution in [2.45, 2.75) is 105 Å². The summed E-state index contributed by atoms with van der Waals surface area (Å²) in [4.78, 5) is 52.6. The lowest BCUT2D eigenvalue weighted by molar-refractivity contribution is -0.141. The van der Waals surface area contributed by atoms with Crippen molar-refractivity contribution in [3.05, 3.63) is 12.2 Å². The van der Waals surface area contributed by atoms with E-state index in [1.807, 2.05) is 30.6 Å². The lowest BCUT2D eigenvalue weighted by Crippen LogP contribution is -2.44. The molecule has 39 heavy (non-hydrogen) atoms. The molecule has 0 aromatic heterocycles. The Morgan fingerprint density at radius 2 is 1.13 bits per heavy atom. The smallest absolute Gasteiger partial charge is 0.248 e. The van der Waals surface area contributed by atoms with Crippen molar-refractivity contribution in [1.29, 1.82) is 0 Å². The summed E-state index contributed by atoms with van der Waals surface area (Å²) in [7, 11) is 0. The summed E-state index contributed by atoms with van der Waals surface area (Å²) in [6, 6.07) is 0. The molecule has 0 aromatic carbocycles. The second-order valence-corrected chi connectivity index (χ2v) is 12.7. The lowest BCUT2D eigenvalue weighted by Gasteiger charge is -2.35. The summed E-state index contributed by atoms with van der Waals surface area (Å²) in [5.41, 5.74) is 0.265. The summed E-state index contributed by atoms with van der Waals surface area (Å²) in [5, 5.41) is 6.07. The van der Waals surface area contributed by atoms with Gasteiger partial charge in [0, 0.05) is 63.1 Å². The highest BCUT2D eigenvalue weighted by Crippen LogP contribution is 2.26. The number of hydrogen-bond acceptors (Lipinski definition) is 4. The standard InChI is InChI=1S/C31H54N4O4/c1-24(2)29(38)34-20-14-25(15-21-34)10-12-27(36)32-18-8-6-7-9-19-33-28(37)13-11-26-16-22-35(23-17-26)30(39)31(3,4)5/h25-26H,1,6-23H2,2-5H3,(H,32,36)(H,33,37). The van der Waals surface area contributed by atoms with E-state index in [4.69, 9.17) is 0 Å². The van der Waals surface area contributed by atoms with Crippen LogP contribution in [0, 0.1) is 17.3 Å². The van der Waals surface area contributed by atoms with E-state index < -0.39 is 0 Å². The Morgan fingerprint density at radius 1 is 0.718 bits per heavy atom. The normalized spacial score (nSPS) is 17.1. The number of hydrogen-bond donors (Lipinski definition) is 2. The molecule has 0 bridgehead atoms. The summed E-state index contributed by atoms with van der Waals surface area (Å²) in [6.45, 7) is 15.9. The van der Waals surface area contributed by atoms with E-state index in [2.05, 4.69) is 17.2 Å². The number of carbonyl (C=O) groups excluding carboxylic acids is 4. The van der Waals surface area contributed by atoms with E-state index in [1.165, 1.54) is 0 Å². The molecule has 222 valence electrons. The lowest BCUT2D eigenvalue weighted by atomic mass is 9.89. The number of nitrogens with one attached hydrogen (secondary N) is 2. The van der Waals surface area contributed by atoms with Gasteiger partial charge in [-0.3, -0.25) is 19.2 Å². The van der Waals surface area contributed by atoms with E-state index in [9.17, 15) is 19.2 Å². The van der Waals surface area contributed by atoms with Crippen LogP contribution in [0.2, 0.25) is 0 Å². The topological polar surface area (TPSA) is 98.8 Å². The SMILES string of the molecule is C=C(C)C(=O)N1CCC(CCC(=O)NCCCCCCNC(=O)CCC2CCN(C(=O)C(C)(C)C)CC2)CC1. The summed E-state index contributed by atoms with van der Waals surface area (Å²) < 4.78 is 0. The summed E-state index contributed by atoms with van der Waals surface area (Å²) in [6.07, 6.45) is 10.8. The summed E-state index contributed by atoms with van der Waals surface area (Å²) in [5.74, 6) is 1.56. The molecule has 0 unspecified atom stereocenters. The fourth-order valence-electron chi connectivity index (χ4n) is 5.50. The molecule has 2 aliphatic rings. The van der Waals surface area contributed by atoms with Crippen LogP contribution in [0.1, 0.15) is 105 Å². The fourth-order valence-corrected chi connectivity index (χ4v) is 5.50. The van der Waals surface area contributed by atoms with Crippen molar-refractivity contribution >= 4 is 23.6 Å². The maximum Gasteiger partial charge on any atom is 0.248 e. The van der Waals surface area contributed by atoms with E-state index in [0.29, 0.717) is 43.3 Å². The van der Waals surface area contributed by atoms with Crippen molar-refractivity contribution in [2.24, 2.45) is 17.3 Å². The van der Waals surface area contributed by atoms with E-state index in [1.54, 1.807) is 6.92 Å². The zero-order valence-electron chi connectivity index (χ0n) is 25.1. The maximum atomic E-state index is 12.4. The van der Waals surface area contributed by atoms with Gasteiger partial charge in [0.1, 0.15) is 0 Å². The Labute approximate surface area is 236 Å². The third-order valence-electron chi connectivity index (χ3n) is 8.12. The monoisotopic (exact) mass is 546 g/mol. The number of carbonyl (C=O) groups is 4. The average molecular weight is 547 g/mol. The fraction of sp³-hybridized carbons (Fsp3) is 0.806. The van der Waals surface area contributed by atoms with Gasteiger partial charge in [0.25, 0.3) is 0 Å². The van der Waals surface area contributed by atoms with E-state index >= 15 is 0 Å². The van der Waals surface area contributed by atoms with Crippen molar-refractivity contribution < 1.29 is 19.2 Å². The van der Waals surface area contributed by atoms with Crippen LogP contribution in [0.25, 0.3) is 0 Å². The van der Waals surface area contributed by atoms with Crippen LogP contribution in [-0.4, -0.2) is 72.7 Å². The molecule has 0 spiro atoms. The zero-order chi connectivity index (χ0) is 28.8. The highest BCUT2D eigenvalue weighted by Gasteiger charge is 2.30. The predicted octanol–water partition coefficient (Wildman–Crippen LogP) is 4.44. The van der Waals surface area contributed by atoms with Gasteiger partial charge in [0.2, 0.25) is 23.6 Å². The van der Waals surface area contributed by atoms with Gasteiger partial charge in [-0.1, -0.05) is 40.2 Å². The number of rotatable bonds is 14. The molecule has 0 atom stereocenters. The van der Waals surface area contributed by atoms with Gasteiger partial charge in [0.05, 0.1) is 0 Å². The molecule has 2 aliphatic heterocycles. The van der Waals surface area contributed by atoms with Crippen LogP contribution in [0.15, 0.2) is 12.2 Å². The minimum Gasteiger partial charge on any atom is -0.356 e. The molecule has 0 radical (unpaired) electrons. The Kier molecular flexibility index (Phi) is 14.0. The van der Waals surface area contributed by atoms with Gasteiger partial charge in [-0.25, -0.2) is 0 Å². The highest BCUT2D eigenvalue weighted by atomic mass is 16.2. The Morgan fingerprint density at radius 3 is 1.51 bits per heavy atom. The molecule has 4 amide bonds. The molecule has 8 heteroatoms. The van der Waals surface area contributed by atoms with Gasteiger partial charge in [-0.15, -0.1) is 0 Å². The molecule has 0 saturated carbocycles. The molecular weight excluding hydrogens is 492 g/mol. The molecule has 2 fully saturated rings. The van der Waals surface area contributed by atoms with E-state index in [-0.39, 0.29) is 29.0 Å². The minimum absolute atomic E-state index is 0.0483. The van der Waals surface area contributed by atoms with Crippen molar-refractivity contribution in [1.82, 2.24) is 20.4 Å². The van der Waals surface area contributed by atoms with Crippen LogP contribution in [0.5, 0.6) is 0 Å². The van der Waals surface area contributed by atoms with Crippen molar-refractivity contribution in [3.63, 3.8) is 0 Å².